The summed E-state index contributed by atoms with van der Waals surface area (Å²) < 4.78 is 0. The van der Waals surface area contributed by atoms with Gasteiger partial charge in [0.2, 0.25) is 0 Å². The highest BCUT2D eigenvalue weighted by molar-refractivity contribution is 5.00. The molecule has 3 atom stereocenters. The highest BCUT2D eigenvalue weighted by Crippen LogP contribution is 2.41. The summed E-state index contributed by atoms with van der Waals surface area (Å²) in [5.41, 5.74) is 6.41. The first-order chi connectivity index (χ1) is 7.47. The van der Waals surface area contributed by atoms with Crippen LogP contribution >= 0.6 is 0 Å². The van der Waals surface area contributed by atoms with Gasteiger partial charge in [0.05, 0.1) is 0 Å². The fraction of sp³-hybridized carbons (Fsp3) is 1.00. The van der Waals surface area contributed by atoms with Crippen LogP contribution in [0.3, 0.4) is 0 Å². The lowest BCUT2D eigenvalue weighted by atomic mass is 9.68. The van der Waals surface area contributed by atoms with Crippen molar-refractivity contribution in [3.8, 4) is 0 Å². The highest BCUT2D eigenvalue weighted by atomic mass is 15.2. The summed E-state index contributed by atoms with van der Waals surface area (Å²) in [6, 6.07) is 0.598. The van der Waals surface area contributed by atoms with Gasteiger partial charge in [0.25, 0.3) is 0 Å². The number of nitrogens with two attached hydrogens (primary N) is 1. The molecule has 0 aromatic rings. The zero-order valence-corrected chi connectivity index (χ0v) is 11.8. The molecule has 16 heavy (non-hydrogen) atoms. The van der Waals surface area contributed by atoms with Crippen LogP contribution in [-0.4, -0.2) is 29.6 Å². The Morgan fingerprint density at radius 1 is 1.31 bits per heavy atom. The Kier molecular flexibility index (Phi) is 4.81. The molecule has 2 N–H and O–H groups in total. The van der Waals surface area contributed by atoms with E-state index >= 15 is 0 Å². The highest BCUT2D eigenvalue weighted by Gasteiger charge is 2.44. The SMILES string of the molecule is CCN(C(C)C)C1(CN)CC(C)CCC1C. The van der Waals surface area contributed by atoms with Gasteiger partial charge in [0.1, 0.15) is 0 Å². The van der Waals surface area contributed by atoms with Gasteiger partial charge in [-0.3, -0.25) is 4.90 Å². The zero-order chi connectivity index (χ0) is 12.3. The van der Waals surface area contributed by atoms with Crippen molar-refractivity contribution < 1.29 is 0 Å². The van der Waals surface area contributed by atoms with Crippen LogP contribution < -0.4 is 5.73 Å². The molecule has 1 rings (SSSR count). The number of nitrogens with zero attached hydrogens (tertiary/aromatic N) is 1. The number of hydrogen-bond donors (Lipinski definition) is 1. The predicted molar refractivity (Wildman–Crippen MR) is 71.5 cm³/mol. The summed E-state index contributed by atoms with van der Waals surface area (Å²) in [5, 5.41) is 0. The van der Waals surface area contributed by atoms with E-state index in [2.05, 4.69) is 39.5 Å². The third-order valence-electron chi connectivity index (χ3n) is 4.60. The smallest absolute Gasteiger partial charge is 0.0362 e. The molecule has 0 aromatic heterocycles. The Hall–Kier alpha value is -0.0800. The Morgan fingerprint density at radius 2 is 1.94 bits per heavy atom. The Balaban J connectivity index is 2.96. The molecule has 1 saturated carbocycles. The average Bonchev–Trinajstić information content (AvgIpc) is 2.23. The Morgan fingerprint density at radius 3 is 2.38 bits per heavy atom. The van der Waals surface area contributed by atoms with E-state index in [0.29, 0.717) is 6.04 Å². The minimum Gasteiger partial charge on any atom is -0.329 e. The monoisotopic (exact) mass is 226 g/mol. The van der Waals surface area contributed by atoms with E-state index in [4.69, 9.17) is 5.73 Å². The average molecular weight is 226 g/mol. The summed E-state index contributed by atoms with van der Waals surface area (Å²) in [7, 11) is 0. The third-order valence-corrected chi connectivity index (χ3v) is 4.60. The molecule has 0 aromatic carbocycles. The standard InChI is InChI=1S/C14H30N2/c1-6-16(11(2)3)14(10-15)9-12(4)7-8-13(14)5/h11-13H,6-10,15H2,1-5H3. The maximum Gasteiger partial charge on any atom is 0.0362 e. The lowest BCUT2D eigenvalue weighted by Crippen LogP contribution is -2.62. The van der Waals surface area contributed by atoms with E-state index in [1.165, 1.54) is 19.3 Å². The molecule has 3 unspecified atom stereocenters. The van der Waals surface area contributed by atoms with E-state index < -0.39 is 0 Å². The second-order valence-electron chi connectivity index (χ2n) is 5.98. The Labute approximate surface area is 102 Å². The minimum absolute atomic E-state index is 0.251. The molecule has 1 aliphatic carbocycles. The molecule has 0 saturated heterocycles. The van der Waals surface area contributed by atoms with Crippen molar-refractivity contribution in [1.29, 1.82) is 0 Å². The summed E-state index contributed by atoms with van der Waals surface area (Å²) in [6.45, 7) is 13.6. The summed E-state index contributed by atoms with van der Waals surface area (Å²) in [6.07, 6.45) is 3.98. The maximum absolute atomic E-state index is 6.16. The van der Waals surface area contributed by atoms with Crippen molar-refractivity contribution in [3.63, 3.8) is 0 Å². The number of likely N-dealkylation sites (N-methyl/N-ethyl adjacent to an activating group) is 1. The van der Waals surface area contributed by atoms with Gasteiger partial charge >= 0.3 is 0 Å². The van der Waals surface area contributed by atoms with Crippen molar-refractivity contribution in [2.24, 2.45) is 17.6 Å². The van der Waals surface area contributed by atoms with Crippen LogP contribution in [0.4, 0.5) is 0 Å². The largest absolute Gasteiger partial charge is 0.329 e. The van der Waals surface area contributed by atoms with E-state index in [-0.39, 0.29) is 5.54 Å². The van der Waals surface area contributed by atoms with Crippen LogP contribution in [-0.2, 0) is 0 Å². The van der Waals surface area contributed by atoms with E-state index in [1.54, 1.807) is 0 Å². The van der Waals surface area contributed by atoms with Gasteiger partial charge in [0, 0.05) is 18.1 Å². The van der Waals surface area contributed by atoms with Gasteiger partial charge in [-0.2, -0.15) is 0 Å². The summed E-state index contributed by atoms with van der Waals surface area (Å²) in [5.74, 6) is 1.56. The van der Waals surface area contributed by atoms with Gasteiger partial charge < -0.3 is 5.73 Å². The molecule has 0 radical (unpaired) electrons. The Bertz CT molecular complexity index is 215. The molecule has 0 heterocycles. The minimum atomic E-state index is 0.251. The van der Waals surface area contributed by atoms with Gasteiger partial charge in [-0.15, -0.1) is 0 Å². The van der Waals surface area contributed by atoms with Gasteiger partial charge in [-0.1, -0.05) is 27.2 Å². The predicted octanol–water partition coefficient (Wildman–Crippen LogP) is 2.87. The second-order valence-corrected chi connectivity index (χ2v) is 5.98. The lowest BCUT2D eigenvalue weighted by molar-refractivity contribution is -0.0203. The molecule has 96 valence electrons. The first kappa shape index (κ1) is 14.0. The second kappa shape index (κ2) is 5.50. The van der Waals surface area contributed by atoms with Crippen LogP contribution in [0, 0.1) is 11.8 Å². The van der Waals surface area contributed by atoms with Crippen molar-refractivity contribution in [1.82, 2.24) is 4.90 Å². The number of rotatable bonds is 4. The first-order valence-corrected chi connectivity index (χ1v) is 6.94. The molecular weight excluding hydrogens is 196 g/mol. The molecule has 2 nitrogen and oxygen atoms in total. The fourth-order valence-electron chi connectivity index (χ4n) is 3.71. The lowest BCUT2D eigenvalue weighted by Gasteiger charge is -2.53. The third kappa shape index (κ3) is 2.43. The van der Waals surface area contributed by atoms with Gasteiger partial charge in [-0.05, 0) is 45.1 Å². The molecule has 0 amide bonds. The van der Waals surface area contributed by atoms with Crippen molar-refractivity contribution in [3.05, 3.63) is 0 Å². The fourth-order valence-corrected chi connectivity index (χ4v) is 3.71. The van der Waals surface area contributed by atoms with Crippen LogP contribution in [0.1, 0.15) is 53.9 Å². The quantitative estimate of drug-likeness (QED) is 0.798. The first-order valence-electron chi connectivity index (χ1n) is 6.94. The number of hydrogen-bond acceptors (Lipinski definition) is 2. The molecule has 1 aliphatic rings. The zero-order valence-electron chi connectivity index (χ0n) is 11.8. The topological polar surface area (TPSA) is 29.3 Å². The molecule has 1 fully saturated rings. The van der Waals surface area contributed by atoms with Crippen molar-refractivity contribution in [2.75, 3.05) is 13.1 Å². The van der Waals surface area contributed by atoms with Gasteiger partial charge in [0.15, 0.2) is 0 Å². The summed E-state index contributed by atoms with van der Waals surface area (Å²) >= 11 is 0. The summed E-state index contributed by atoms with van der Waals surface area (Å²) in [4.78, 5) is 2.63. The van der Waals surface area contributed by atoms with Crippen molar-refractivity contribution >= 4 is 0 Å². The van der Waals surface area contributed by atoms with Crippen LogP contribution in [0.2, 0.25) is 0 Å². The molecule has 2 heteroatoms. The molecule has 0 bridgehead atoms. The maximum atomic E-state index is 6.16. The van der Waals surface area contributed by atoms with Crippen LogP contribution in [0.25, 0.3) is 0 Å². The van der Waals surface area contributed by atoms with E-state index in [9.17, 15) is 0 Å². The van der Waals surface area contributed by atoms with E-state index in [0.717, 1.165) is 24.9 Å². The molecule has 0 spiro atoms. The van der Waals surface area contributed by atoms with E-state index in [1.807, 2.05) is 0 Å². The van der Waals surface area contributed by atoms with Gasteiger partial charge in [-0.25, -0.2) is 0 Å². The van der Waals surface area contributed by atoms with Crippen LogP contribution in [0.15, 0.2) is 0 Å². The van der Waals surface area contributed by atoms with Crippen molar-refractivity contribution in [2.45, 2.75) is 65.5 Å². The molecule has 0 aliphatic heterocycles. The van der Waals surface area contributed by atoms with Crippen LogP contribution in [0.5, 0.6) is 0 Å². The molecular formula is C14H30N2. The normalized spacial score (nSPS) is 36.0.